The van der Waals surface area contributed by atoms with Crippen molar-refractivity contribution < 1.29 is 9.59 Å². The molecule has 4 nitrogen and oxygen atoms in total. The monoisotopic (exact) mass is 200 g/mol. The molecule has 0 radical (unpaired) electrons. The summed E-state index contributed by atoms with van der Waals surface area (Å²) in [7, 11) is 0. The van der Waals surface area contributed by atoms with Gasteiger partial charge in [0.2, 0.25) is 11.8 Å². The molecule has 4 N–H and O–H groups in total. The Morgan fingerprint density at radius 2 is 1.57 bits per heavy atom. The third kappa shape index (κ3) is 2.72. The van der Waals surface area contributed by atoms with Crippen LogP contribution in [0.4, 0.5) is 0 Å². The van der Waals surface area contributed by atoms with E-state index in [0.29, 0.717) is 12.8 Å². The zero-order chi connectivity index (χ0) is 11.2. The molecule has 0 bridgehead atoms. The Labute approximate surface area is 85.0 Å². The van der Waals surface area contributed by atoms with Crippen molar-refractivity contribution in [2.75, 3.05) is 0 Å². The highest BCUT2D eigenvalue weighted by atomic mass is 16.2. The van der Waals surface area contributed by atoms with E-state index in [-0.39, 0.29) is 0 Å². The Kier molecular flexibility index (Phi) is 5.20. The first-order valence-corrected chi connectivity index (χ1v) is 5.11. The van der Waals surface area contributed by atoms with Gasteiger partial charge in [-0.1, -0.05) is 33.1 Å². The average Bonchev–Trinajstić information content (AvgIpc) is 2.11. The van der Waals surface area contributed by atoms with Gasteiger partial charge in [-0.05, 0) is 12.8 Å². The molecule has 0 aromatic carbocycles. The normalized spacial score (nSPS) is 11.3. The van der Waals surface area contributed by atoms with Crippen LogP contribution in [-0.2, 0) is 9.59 Å². The Balaban J connectivity index is 4.52. The van der Waals surface area contributed by atoms with Gasteiger partial charge in [-0.3, -0.25) is 9.59 Å². The first-order chi connectivity index (χ1) is 6.51. The highest BCUT2D eigenvalue weighted by Crippen LogP contribution is 2.28. The van der Waals surface area contributed by atoms with Crippen molar-refractivity contribution >= 4 is 11.8 Å². The first kappa shape index (κ1) is 12.9. The lowest BCUT2D eigenvalue weighted by Gasteiger charge is -2.25. The highest BCUT2D eigenvalue weighted by Gasteiger charge is 2.40. The van der Waals surface area contributed by atoms with E-state index in [1.54, 1.807) is 6.92 Å². The van der Waals surface area contributed by atoms with Crippen LogP contribution in [0.3, 0.4) is 0 Å². The number of rotatable bonds is 7. The van der Waals surface area contributed by atoms with Crippen molar-refractivity contribution in [1.82, 2.24) is 0 Å². The van der Waals surface area contributed by atoms with Crippen molar-refractivity contribution in [3.8, 4) is 0 Å². The van der Waals surface area contributed by atoms with E-state index in [0.717, 1.165) is 19.3 Å². The summed E-state index contributed by atoms with van der Waals surface area (Å²) in [5.41, 5.74) is 9.32. The minimum Gasteiger partial charge on any atom is -0.369 e. The molecule has 0 rings (SSSR count). The predicted molar refractivity (Wildman–Crippen MR) is 55.3 cm³/mol. The summed E-state index contributed by atoms with van der Waals surface area (Å²) < 4.78 is 0. The molecule has 0 aliphatic heterocycles. The predicted octanol–water partition coefficient (Wildman–Crippen LogP) is 0.934. The lowest BCUT2D eigenvalue weighted by Crippen LogP contribution is -2.47. The fourth-order valence-electron chi connectivity index (χ4n) is 1.57. The van der Waals surface area contributed by atoms with Gasteiger partial charge >= 0.3 is 0 Å². The second-order valence-corrected chi connectivity index (χ2v) is 3.62. The van der Waals surface area contributed by atoms with E-state index < -0.39 is 17.2 Å². The van der Waals surface area contributed by atoms with Crippen molar-refractivity contribution in [3.63, 3.8) is 0 Å². The average molecular weight is 200 g/mol. The van der Waals surface area contributed by atoms with Gasteiger partial charge in [-0.2, -0.15) is 0 Å². The largest absolute Gasteiger partial charge is 0.369 e. The fraction of sp³-hybridized carbons (Fsp3) is 0.800. The standard InChI is InChI=1S/C10H20N2O2/c1-3-5-6-7-10(4-2,8(11)13)9(12)14/h3-7H2,1-2H3,(H2,11,13)(H2,12,14). The molecule has 0 fully saturated rings. The number of primary amides is 2. The molecule has 0 saturated heterocycles. The van der Waals surface area contributed by atoms with Crippen LogP contribution in [-0.4, -0.2) is 11.8 Å². The number of nitrogens with two attached hydrogens (primary N) is 2. The van der Waals surface area contributed by atoms with Crippen LogP contribution in [0.15, 0.2) is 0 Å². The number of carbonyl (C=O) groups is 2. The fourth-order valence-corrected chi connectivity index (χ4v) is 1.57. The topological polar surface area (TPSA) is 86.2 Å². The van der Waals surface area contributed by atoms with Crippen LogP contribution >= 0.6 is 0 Å². The van der Waals surface area contributed by atoms with Gasteiger partial charge in [0.25, 0.3) is 0 Å². The van der Waals surface area contributed by atoms with Crippen molar-refractivity contribution in [1.29, 1.82) is 0 Å². The Morgan fingerprint density at radius 3 is 1.86 bits per heavy atom. The van der Waals surface area contributed by atoms with E-state index in [1.807, 2.05) is 0 Å². The Morgan fingerprint density at radius 1 is 1.07 bits per heavy atom. The molecule has 0 spiro atoms. The second-order valence-electron chi connectivity index (χ2n) is 3.62. The number of carbonyl (C=O) groups excluding carboxylic acids is 2. The second kappa shape index (κ2) is 5.62. The molecule has 0 saturated carbocycles. The zero-order valence-electron chi connectivity index (χ0n) is 9.01. The van der Waals surface area contributed by atoms with E-state index >= 15 is 0 Å². The summed E-state index contributed by atoms with van der Waals surface area (Å²) in [6, 6.07) is 0. The molecule has 0 aliphatic carbocycles. The molecule has 4 heteroatoms. The quantitative estimate of drug-likeness (QED) is 0.473. The Hall–Kier alpha value is -1.06. The maximum absolute atomic E-state index is 11.2. The summed E-state index contributed by atoms with van der Waals surface area (Å²) in [5, 5.41) is 0. The maximum Gasteiger partial charge on any atom is 0.233 e. The van der Waals surface area contributed by atoms with Crippen molar-refractivity contribution in [3.05, 3.63) is 0 Å². The third-order valence-corrected chi connectivity index (χ3v) is 2.75. The molecule has 0 aliphatic rings. The van der Waals surface area contributed by atoms with Gasteiger partial charge in [0.05, 0.1) is 0 Å². The molecule has 82 valence electrons. The molecule has 0 atom stereocenters. The highest BCUT2D eigenvalue weighted by molar-refractivity contribution is 6.03. The van der Waals surface area contributed by atoms with E-state index in [9.17, 15) is 9.59 Å². The molecule has 0 aromatic rings. The lowest BCUT2D eigenvalue weighted by atomic mass is 9.78. The molecule has 0 aromatic heterocycles. The maximum atomic E-state index is 11.2. The summed E-state index contributed by atoms with van der Waals surface area (Å²) in [6.45, 7) is 3.82. The third-order valence-electron chi connectivity index (χ3n) is 2.75. The van der Waals surface area contributed by atoms with Crippen LogP contribution < -0.4 is 11.5 Å². The van der Waals surface area contributed by atoms with E-state index in [4.69, 9.17) is 11.5 Å². The molecular formula is C10H20N2O2. The molecule has 0 heterocycles. The van der Waals surface area contributed by atoms with Crippen LogP contribution in [0.5, 0.6) is 0 Å². The van der Waals surface area contributed by atoms with Crippen molar-refractivity contribution in [2.24, 2.45) is 16.9 Å². The molecule has 2 amide bonds. The van der Waals surface area contributed by atoms with Crippen LogP contribution in [0, 0.1) is 5.41 Å². The van der Waals surface area contributed by atoms with Gasteiger partial charge in [0.1, 0.15) is 5.41 Å². The van der Waals surface area contributed by atoms with E-state index in [1.165, 1.54) is 0 Å². The van der Waals surface area contributed by atoms with Gasteiger partial charge in [-0.25, -0.2) is 0 Å². The molecule has 0 unspecified atom stereocenters. The first-order valence-electron chi connectivity index (χ1n) is 5.11. The van der Waals surface area contributed by atoms with Crippen LogP contribution in [0.1, 0.15) is 46.0 Å². The van der Waals surface area contributed by atoms with E-state index in [2.05, 4.69) is 6.92 Å². The summed E-state index contributed by atoms with van der Waals surface area (Å²) in [4.78, 5) is 22.4. The zero-order valence-corrected chi connectivity index (χ0v) is 9.01. The minimum atomic E-state index is -1.13. The van der Waals surface area contributed by atoms with Crippen molar-refractivity contribution in [2.45, 2.75) is 46.0 Å². The van der Waals surface area contributed by atoms with Crippen LogP contribution in [0.25, 0.3) is 0 Å². The SMILES string of the molecule is CCCCCC(CC)(C(N)=O)C(N)=O. The number of unbranched alkanes of at least 4 members (excludes halogenated alkanes) is 2. The van der Waals surface area contributed by atoms with Gasteiger partial charge in [0.15, 0.2) is 0 Å². The van der Waals surface area contributed by atoms with Crippen LogP contribution in [0.2, 0.25) is 0 Å². The Bertz CT molecular complexity index is 200. The summed E-state index contributed by atoms with van der Waals surface area (Å²) >= 11 is 0. The lowest BCUT2D eigenvalue weighted by molar-refractivity contribution is -0.140. The number of hydrogen-bond donors (Lipinski definition) is 2. The minimum absolute atomic E-state index is 0.390. The number of hydrogen-bond acceptors (Lipinski definition) is 2. The van der Waals surface area contributed by atoms with Gasteiger partial charge in [0, 0.05) is 0 Å². The molecular weight excluding hydrogens is 180 g/mol. The smallest absolute Gasteiger partial charge is 0.233 e. The summed E-state index contributed by atoms with van der Waals surface area (Å²) in [5.74, 6) is -1.19. The molecule has 14 heavy (non-hydrogen) atoms. The van der Waals surface area contributed by atoms with Gasteiger partial charge in [-0.15, -0.1) is 0 Å². The van der Waals surface area contributed by atoms with Gasteiger partial charge < -0.3 is 11.5 Å². The number of amides is 2. The summed E-state index contributed by atoms with van der Waals surface area (Å²) in [6.07, 6.45) is 3.71.